The molecule has 0 unspecified atom stereocenters. The van der Waals surface area contributed by atoms with Gasteiger partial charge in [0.25, 0.3) is 0 Å². The first kappa shape index (κ1) is 14.5. The Morgan fingerprint density at radius 3 is 2.75 bits per heavy atom. The zero-order chi connectivity index (χ0) is 14.5. The first-order chi connectivity index (χ1) is 9.61. The molecule has 0 spiro atoms. The highest BCUT2D eigenvalue weighted by molar-refractivity contribution is 6.30. The van der Waals surface area contributed by atoms with Gasteiger partial charge < -0.3 is 4.74 Å². The Kier molecular flexibility index (Phi) is 4.69. The Hall–Kier alpha value is -1.94. The van der Waals surface area contributed by atoms with Gasteiger partial charge in [0.1, 0.15) is 5.15 Å². The van der Waals surface area contributed by atoms with Gasteiger partial charge in [-0.3, -0.25) is 4.79 Å². The monoisotopic (exact) mass is 290 g/mol. The molecule has 0 N–H and O–H groups in total. The summed E-state index contributed by atoms with van der Waals surface area (Å²) in [5.41, 5.74) is 2.79. The van der Waals surface area contributed by atoms with Crippen molar-refractivity contribution in [2.24, 2.45) is 0 Å². The lowest BCUT2D eigenvalue weighted by molar-refractivity contribution is -0.140. The van der Waals surface area contributed by atoms with Gasteiger partial charge in [-0.05, 0) is 18.9 Å². The third-order valence-corrected chi connectivity index (χ3v) is 3.35. The Morgan fingerprint density at radius 2 is 2.10 bits per heavy atom. The molecule has 2 rings (SSSR count). The number of halogens is 1. The minimum absolute atomic E-state index is 0.267. The number of esters is 1. The molecule has 0 aliphatic carbocycles. The summed E-state index contributed by atoms with van der Waals surface area (Å²) in [4.78, 5) is 19.8. The summed E-state index contributed by atoms with van der Waals surface area (Å²) >= 11 is 6.16. The van der Waals surface area contributed by atoms with E-state index in [0.717, 1.165) is 16.7 Å². The molecule has 0 atom stereocenters. The van der Waals surface area contributed by atoms with E-state index in [0.29, 0.717) is 17.4 Å². The first-order valence-corrected chi connectivity index (χ1v) is 6.64. The van der Waals surface area contributed by atoms with Gasteiger partial charge in [0.05, 0.1) is 7.11 Å². The summed E-state index contributed by atoms with van der Waals surface area (Å²) in [6.45, 7) is 2.00. The number of ether oxygens (including phenoxy) is 1. The molecule has 20 heavy (non-hydrogen) atoms. The summed E-state index contributed by atoms with van der Waals surface area (Å²) in [5.74, 6) is 0.318. The number of methoxy groups -OCH3 is 1. The number of carbonyl (C=O) groups is 1. The molecule has 104 valence electrons. The van der Waals surface area contributed by atoms with Crippen LogP contribution < -0.4 is 0 Å². The van der Waals surface area contributed by atoms with Crippen molar-refractivity contribution in [3.8, 4) is 11.4 Å². The molecule has 0 saturated heterocycles. The molecule has 0 radical (unpaired) electrons. The lowest BCUT2D eigenvalue weighted by Crippen LogP contribution is -2.03. The Morgan fingerprint density at radius 1 is 1.35 bits per heavy atom. The van der Waals surface area contributed by atoms with Crippen LogP contribution in [0.5, 0.6) is 0 Å². The van der Waals surface area contributed by atoms with E-state index in [4.69, 9.17) is 11.6 Å². The van der Waals surface area contributed by atoms with Crippen LogP contribution in [0.2, 0.25) is 5.15 Å². The third-order valence-electron chi connectivity index (χ3n) is 3.02. The number of aromatic nitrogens is 2. The van der Waals surface area contributed by atoms with Gasteiger partial charge in [0, 0.05) is 23.7 Å². The maximum Gasteiger partial charge on any atom is 0.305 e. The van der Waals surface area contributed by atoms with Gasteiger partial charge in [-0.2, -0.15) is 0 Å². The van der Waals surface area contributed by atoms with Gasteiger partial charge in [0.15, 0.2) is 5.82 Å². The van der Waals surface area contributed by atoms with Gasteiger partial charge >= 0.3 is 5.97 Å². The zero-order valence-electron chi connectivity index (χ0n) is 11.4. The normalized spacial score (nSPS) is 10.3. The van der Waals surface area contributed by atoms with Crippen molar-refractivity contribution in [2.75, 3.05) is 7.11 Å². The summed E-state index contributed by atoms with van der Waals surface area (Å²) in [5, 5.41) is 0.377. The standard InChI is InChI=1S/C15H15ClN2O2/c1-10-5-3-4-6-12(10)15-17-9-11(14(16)18-15)7-8-13(19)20-2/h3-6,9H,7-8H2,1-2H3. The number of aryl methyl sites for hydroxylation is 2. The van der Waals surface area contributed by atoms with Crippen LogP contribution in [0.4, 0.5) is 0 Å². The number of nitrogens with zero attached hydrogens (tertiary/aromatic N) is 2. The van der Waals surface area contributed by atoms with Crippen molar-refractivity contribution in [1.29, 1.82) is 0 Å². The van der Waals surface area contributed by atoms with Crippen LogP contribution in [0, 0.1) is 6.92 Å². The van der Waals surface area contributed by atoms with E-state index in [1.165, 1.54) is 7.11 Å². The molecule has 4 nitrogen and oxygen atoms in total. The van der Waals surface area contributed by atoms with Crippen molar-refractivity contribution >= 4 is 17.6 Å². The third kappa shape index (κ3) is 3.33. The second-order valence-corrected chi connectivity index (χ2v) is 4.76. The van der Waals surface area contributed by atoms with Crippen molar-refractivity contribution < 1.29 is 9.53 Å². The predicted octanol–water partition coefficient (Wildman–Crippen LogP) is 3.21. The van der Waals surface area contributed by atoms with Crippen molar-refractivity contribution in [3.63, 3.8) is 0 Å². The summed E-state index contributed by atoms with van der Waals surface area (Å²) in [6.07, 6.45) is 2.41. The van der Waals surface area contributed by atoms with Crippen molar-refractivity contribution in [2.45, 2.75) is 19.8 Å². The van der Waals surface area contributed by atoms with Crippen LogP contribution in [0.3, 0.4) is 0 Å². The van der Waals surface area contributed by atoms with E-state index < -0.39 is 0 Å². The maximum absolute atomic E-state index is 11.1. The van der Waals surface area contributed by atoms with E-state index >= 15 is 0 Å². The highest BCUT2D eigenvalue weighted by Crippen LogP contribution is 2.22. The molecule has 0 aliphatic heterocycles. The summed E-state index contributed by atoms with van der Waals surface area (Å²) in [6, 6.07) is 7.85. The zero-order valence-corrected chi connectivity index (χ0v) is 12.1. The second-order valence-electron chi connectivity index (χ2n) is 4.40. The minimum Gasteiger partial charge on any atom is -0.469 e. The number of hydrogen-bond acceptors (Lipinski definition) is 4. The van der Waals surface area contributed by atoms with Crippen LogP contribution in [0.25, 0.3) is 11.4 Å². The molecular formula is C15H15ClN2O2. The number of hydrogen-bond donors (Lipinski definition) is 0. The fourth-order valence-electron chi connectivity index (χ4n) is 1.85. The molecule has 0 amide bonds. The quantitative estimate of drug-likeness (QED) is 0.641. The SMILES string of the molecule is COC(=O)CCc1cnc(-c2ccccc2C)nc1Cl. The molecule has 0 aliphatic rings. The fraction of sp³-hybridized carbons (Fsp3) is 0.267. The minimum atomic E-state index is -0.274. The Bertz CT molecular complexity index is 629. The van der Waals surface area contributed by atoms with Crippen LogP contribution in [-0.2, 0) is 16.0 Å². The van der Waals surface area contributed by atoms with E-state index in [9.17, 15) is 4.79 Å². The Labute approximate surface area is 122 Å². The topological polar surface area (TPSA) is 52.1 Å². The lowest BCUT2D eigenvalue weighted by Gasteiger charge is -2.07. The molecule has 0 bridgehead atoms. The van der Waals surface area contributed by atoms with Crippen LogP contribution in [-0.4, -0.2) is 23.0 Å². The lowest BCUT2D eigenvalue weighted by atomic mass is 10.1. The Balaban J connectivity index is 2.22. The van der Waals surface area contributed by atoms with Gasteiger partial charge in [0.2, 0.25) is 0 Å². The number of rotatable bonds is 4. The summed E-state index contributed by atoms with van der Waals surface area (Å²) < 4.78 is 4.60. The smallest absolute Gasteiger partial charge is 0.305 e. The van der Waals surface area contributed by atoms with E-state index in [-0.39, 0.29) is 12.4 Å². The van der Waals surface area contributed by atoms with E-state index in [2.05, 4.69) is 14.7 Å². The second kappa shape index (κ2) is 6.48. The van der Waals surface area contributed by atoms with Crippen LogP contribution >= 0.6 is 11.6 Å². The average molecular weight is 291 g/mol. The predicted molar refractivity (Wildman–Crippen MR) is 77.6 cm³/mol. The molecular weight excluding hydrogens is 276 g/mol. The van der Waals surface area contributed by atoms with Crippen LogP contribution in [0.1, 0.15) is 17.5 Å². The molecule has 1 aromatic heterocycles. The van der Waals surface area contributed by atoms with Gasteiger partial charge in [-0.25, -0.2) is 9.97 Å². The van der Waals surface area contributed by atoms with Gasteiger partial charge in [-0.1, -0.05) is 35.9 Å². The number of benzene rings is 1. The van der Waals surface area contributed by atoms with E-state index in [1.54, 1.807) is 6.20 Å². The highest BCUT2D eigenvalue weighted by atomic mass is 35.5. The molecule has 2 aromatic rings. The highest BCUT2D eigenvalue weighted by Gasteiger charge is 2.10. The summed E-state index contributed by atoms with van der Waals surface area (Å²) in [7, 11) is 1.36. The van der Waals surface area contributed by atoms with E-state index in [1.807, 2.05) is 31.2 Å². The van der Waals surface area contributed by atoms with Crippen molar-refractivity contribution in [1.82, 2.24) is 9.97 Å². The molecule has 1 heterocycles. The van der Waals surface area contributed by atoms with Crippen molar-refractivity contribution in [3.05, 3.63) is 46.7 Å². The molecule has 0 saturated carbocycles. The number of carbonyl (C=O) groups excluding carboxylic acids is 1. The average Bonchev–Trinajstić information content (AvgIpc) is 2.46. The molecule has 1 aromatic carbocycles. The largest absolute Gasteiger partial charge is 0.469 e. The van der Waals surface area contributed by atoms with Crippen LogP contribution in [0.15, 0.2) is 30.5 Å². The fourth-order valence-corrected chi connectivity index (χ4v) is 2.07. The first-order valence-electron chi connectivity index (χ1n) is 6.26. The maximum atomic E-state index is 11.1. The molecule has 5 heteroatoms. The molecule has 0 fully saturated rings. The van der Waals surface area contributed by atoms with Gasteiger partial charge in [-0.15, -0.1) is 0 Å².